The molecule has 21 heavy (non-hydrogen) atoms. The average molecular weight is 415 g/mol. The van der Waals surface area contributed by atoms with Crippen LogP contribution in [0.1, 0.15) is 16.7 Å². The zero-order valence-corrected chi connectivity index (χ0v) is 15.3. The standard InChI is InChI=1S/C16H17Br2NO2/c1-9-4-5-14(10(2)16(9)21-3)19-8-11-6-12(17)15(20)13(18)7-11/h4-7,19-20H,8H2,1-3H3. The van der Waals surface area contributed by atoms with Gasteiger partial charge >= 0.3 is 0 Å². The fourth-order valence-electron chi connectivity index (χ4n) is 2.25. The van der Waals surface area contributed by atoms with Crippen LogP contribution in [-0.2, 0) is 6.54 Å². The topological polar surface area (TPSA) is 41.5 Å². The van der Waals surface area contributed by atoms with Gasteiger partial charge in [-0.3, -0.25) is 0 Å². The summed E-state index contributed by atoms with van der Waals surface area (Å²) in [5.74, 6) is 1.13. The number of nitrogens with one attached hydrogen (secondary N) is 1. The number of phenols is 1. The summed E-state index contributed by atoms with van der Waals surface area (Å²) in [7, 11) is 1.69. The van der Waals surface area contributed by atoms with E-state index in [2.05, 4.69) is 43.2 Å². The third-order valence-electron chi connectivity index (χ3n) is 3.37. The number of benzene rings is 2. The highest BCUT2D eigenvalue weighted by atomic mass is 79.9. The van der Waals surface area contributed by atoms with Gasteiger partial charge in [-0.15, -0.1) is 0 Å². The van der Waals surface area contributed by atoms with Crippen molar-refractivity contribution in [1.82, 2.24) is 0 Å². The summed E-state index contributed by atoms with van der Waals surface area (Å²) in [6.45, 7) is 4.73. The van der Waals surface area contributed by atoms with Crippen molar-refractivity contribution in [2.75, 3.05) is 12.4 Å². The number of ether oxygens (including phenoxy) is 1. The second kappa shape index (κ2) is 6.71. The molecule has 0 aliphatic rings. The number of rotatable bonds is 4. The Hall–Kier alpha value is -1.20. The number of methoxy groups -OCH3 is 1. The molecule has 0 atom stereocenters. The summed E-state index contributed by atoms with van der Waals surface area (Å²) in [4.78, 5) is 0. The molecule has 5 heteroatoms. The summed E-state index contributed by atoms with van der Waals surface area (Å²) >= 11 is 6.68. The number of hydrogen-bond donors (Lipinski definition) is 2. The Balaban J connectivity index is 2.21. The normalized spacial score (nSPS) is 10.5. The minimum Gasteiger partial charge on any atom is -0.506 e. The van der Waals surface area contributed by atoms with E-state index in [-0.39, 0.29) is 5.75 Å². The van der Waals surface area contributed by atoms with Crippen LogP contribution in [0.15, 0.2) is 33.2 Å². The van der Waals surface area contributed by atoms with Crippen molar-refractivity contribution in [2.24, 2.45) is 0 Å². The van der Waals surface area contributed by atoms with Gasteiger partial charge in [0, 0.05) is 17.8 Å². The molecule has 0 radical (unpaired) electrons. The maximum Gasteiger partial charge on any atom is 0.143 e. The number of hydrogen-bond acceptors (Lipinski definition) is 3. The van der Waals surface area contributed by atoms with Gasteiger partial charge in [0.2, 0.25) is 0 Å². The fraction of sp³-hybridized carbons (Fsp3) is 0.250. The molecule has 0 unspecified atom stereocenters. The van der Waals surface area contributed by atoms with E-state index < -0.39 is 0 Å². The van der Waals surface area contributed by atoms with Gasteiger partial charge in [-0.1, -0.05) is 6.07 Å². The summed E-state index contributed by atoms with van der Waals surface area (Å²) in [6, 6.07) is 7.89. The Morgan fingerprint density at radius 3 is 2.33 bits per heavy atom. The highest BCUT2D eigenvalue weighted by molar-refractivity contribution is 9.11. The Morgan fingerprint density at radius 1 is 1.14 bits per heavy atom. The first-order valence-electron chi connectivity index (χ1n) is 6.49. The van der Waals surface area contributed by atoms with Crippen LogP contribution in [0, 0.1) is 13.8 Å². The zero-order chi connectivity index (χ0) is 15.6. The molecule has 0 fully saturated rings. The third-order valence-corrected chi connectivity index (χ3v) is 4.58. The minimum absolute atomic E-state index is 0.215. The van der Waals surface area contributed by atoms with Crippen molar-refractivity contribution < 1.29 is 9.84 Å². The van der Waals surface area contributed by atoms with Gasteiger partial charge in [0.05, 0.1) is 16.1 Å². The average Bonchev–Trinajstić information content (AvgIpc) is 2.44. The van der Waals surface area contributed by atoms with Crippen LogP contribution in [0.5, 0.6) is 11.5 Å². The van der Waals surface area contributed by atoms with Crippen molar-refractivity contribution in [2.45, 2.75) is 20.4 Å². The van der Waals surface area contributed by atoms with E-state index in [0.717, 1.165) is 28.1 Å². The largest absolute Gasteiger partial charge is 0.506 e. The van der Waals surface area contributed by atoms with Crippen molar-refractivity contribution >= 4 is 37.5 Å². The van der Waals surface area contributed by atoms with Crippen LogP contribution in [0.25, 0.3) is 0 Å². The molecule has 2 aromatic carbocycles. The SMILES string of the molecule is COc1c(C)ccc(NCc2cc(Br)c(O)c(Br)c2)c1C. The van der Waals surface area contributed by atoms with Crippen molar-refractivity contribution in [1.29, 1.82) is 0 Å². The Morgan fingerprint density at radius 2 is 1.76 bits per heavy atom. The summed E-state index contributed by atoms with van der Waals surface area (Å²) in [6.07, 6.45) is 0. The minimum atomic E-state index is 0.215. The molecule has 0 amide bonds. The highest BCUT2D eigenvalue weighted by Crippen LogP contribution is 2.34. The van der Waals surface area contributed by atoms with Crippen molar-refractivity contribution in [3.05, 3.63) is 49.9 Å². The molecule has 0 aliphatic carbocycles. The fourth-order valence-corrected chi connectivity index (χ4v) is 3.53. The lowest BCUT2D eigenvalue weighted by molar-refractivity contribution is 0.409. The molecule has 0 aromatic heterocycles. The van der Waals surface area contributed by atoms with Gasteiger partial charge in [0.15, 0.2) is 0 Å². The third kappa shape index (κ3) is 3.52. The number of halogens is 2. The molecule has 3 nitrogen and oxygen atoms in total. The lowest BCUT2D eigenvalue weighted by Gasteiger charge is -2.15. The van der Waals surface area contributed by atoms with Gasteiger partial charge in [0.25, 0.3) is 0 Å². The van der Waals surface area contributed by atoms with Crippen LogP contribution >= 0.6 is 31.9 Å². The van der Waals surface area contributed by atoms with Gasteiger partial charge in [0.1, 0.15) is 11.5 Å². The van der Waals surface area contributed by atoms with E-state index in [9.17, 15) is 5.11 Å². The molecule has 0 bridgehead atoms. The molecule has 0 heterocycles. The molecule has 0 saturated carbocycles. The molecular weight excluding hydrogens is 398 g/mol. The van der Waals surface area contributed by atoms with Crippen LogP contribution in [0.4, 0.5) is 5.69 Å². The second-order valence-electron chi connectivity index (χ2n) is 4.85. The van der Waals surface area contributed by atoms with Crippen molar-refractivity contribution in [3.8, 4) is 11.5 Å². The quantitative estimate of drug-likeness (QED) is 0.726. The van der Waals surface area contributed by atoms with E-state index >= 15 is 0 Å². The van der Waals surface area contributed by atoms with Crippen molar-refractivity contribution in [3.63, 3.8) is 0 Å². The molecule has 2 aromatic rings. The van der Waals surface area contributed by atoms with Crippen LogP contribution in [0.3, 0.4) is 0 Å². The number of aromatic hydroxyl groups is 1. The van der Waals surface area contributed by atoms with Gasteiger partial charge < -0.3 is 15.2 Å². The van der Waals surface area contributed by atoms with E-state index in [1.54, 1.807) is 7.11 Å². The van der Waals surface area contributed by atoms with E-state index in [4.69, 9.17) is 4.74 Å². The number of phenolic OH excluding ortho intramolecular Hbond substituents is 1. The first-order chi connectivity index (χ1) is 9.93. The lowest BCUT2D eigenvalue weighted by Crippen LogP contribution is -2.03. The van der Waals surface area contributed by atoms with E-state index in [0.29, 0.717) is 15.5 Å². The molecule has 0 aliphatic heterocycles. The van der Waals surface area contributed by atoms with Crippen LogP contribution < -0.4 is 10.1 Å². The van der Waals surface area contributed by atoms with E-state index in [1.165, 1.54) is 0 Å². The van der Waals surface area contributed by atoms with Gasteiger partial charge in [-0.25, -0.2) is 0 Å². The maximum absolute atomic E-state index is 9.73. The van der Waals surface area contributed by atoms with Gasteiger partial charge in [-0.2, -0.15) is 0 Å². The predicted octanol–water partition coefficient (Wildman–Crippen LogP) is 5.15. The molecule has 0 spiro atoms. The second-order valence-corrected chi connectivity index (χ2v) is 6.56. The summed E-state index contributed by atoms with van der Waals surface area (Å²) in [5, 5.41) is 13.1. The zero-order valence-electron chi connectivity index (χ0n) is 12.1. The summed E-state index contributed by atoms with van der Waals surface area (Å²) < 4.78 is 6.78. The Labute approximate surface area is 141 Å². The smallest absolute Gasteiger partial charge is 0.143 e. The first kappa shape index (κ1) is 16.2. The van der Waals surface area contributed by atoms with Crippen LogP contribution in [-0.4, -0.2) is 12.2 Å². The predicted molar refractivity (Wildman–Crippen MR) is 93.3 cm³/mol. The molecule has 0 saturated heterocycles. The Kier molecular flexibility index (Phi) is 5.17. The molecule has 2 N–H and O–H groups in total. The molecule has 2 rings (SSSR count). The van der Waals surface area contributed by atoms with Crippen LogP contribution in [0.2, 0.25) is 0 Å². The molecular formula is C16H17Br2NO2. The lowest BCUT2D eigenvalue weighted by atomic mass is 10.1. The van der Waals surface area contributed by atoms with Gasteiger partial charge in [-0.05, 0) is 75.0 Å². The summed E-state index contributed by atoms with van der Waals surface area (Å²) in [5.41, 5.74) is 4.31. The number of anilines is 1. The monoisotopic (exact) mass is 413 g/mol. The number of aryl methyl sites for hydroxylation is 1. The first-order valence-corrected chi connectivity index (χ1v) is 8.07. The Bertz CT molecular complexity index is 649. The maximum atomic E-state index is 9.73. The van der Waals surface area contributed by atoms with E-state index in [1.807, 2.05) is 32.0 Å². The highest BCUT2D eigenvalue weighted by Gasteiger charge is 2.09. The molecule has 112 valence electrons.